The standard InChI is InChI=1S/C10H10Br2FN/c11-7-5-8(12)10(9(13)6-7)14-3-1-2-4-14/h5-6H,1-4H2. The van der Waals surface area contributed by atoms with Crippen molar-refractivity contribution in [1.29, 1.82) is 0 Å². The number of hydrogen-bond acceptors (Lipinski definition) is 1. The van der Waals surface area contributed by atoms with Crippen LogP contribution in [-0.2, 0) is 0 Å². The maximum absolute atomic E-state index is 13.7. The Morgan fingerprint density at radius 3 is 2.36 bits per heavy atom. The predicted octanol–water partition coefficient (Wildman–Crippen LogP) is 3.95. The average molecular weight is 323 g/mol. The molecule has 1 heterocycles. The van der Waals surface area contributed by atoms with Crippen LogP contribution in [0.15, 0.2) is 21.1 Å². The Morgan fingerprint density at radius 1 is 1.14 bits per heavy atom. The lowest BCUT2D eigenvalue weighted by Crippen LogP contribution is -2.19. The zero-order valence-corrected chi connectivity index (χ0v) is 10.7. The monoisotopic (exact) mass is 321 g/mol. The second-order valence-electron chi connectivity index (χ2n) is 3.41. The molecule has 2 rings (SSSR count). The number of halogens is 3. The first-order valence-electron chi connectivity index (χ1n) is 4.58. The Kier molecular flexibility index (Phi) is 3.12. The van der Waals surface area contributed by atoms with Gasteiger partial charge in [0, 0.05) is 22.0 Å². The van der Waals surface area contributed by atoms with Crippen LogP contribution in [0.2, 0.25) is 0 Å². The molecule has 1 saturated heterocycles. The van der Waals surface area contributed by atoms with Crippen molar-refractivity contribution in [2.24, 2.45) is 0 Å². The van der Waals surface area contributed by atoms with E-state index in [0.29, 0.717) is 5.69 Å². The lowest BCUT2D eigenvalue weighted by atomic mass is 10.3. The lowest BCUT2D eigenvalue weighted by Gasteiger charge is -2.20. The molecule has 0 spiro atoms. The van der Waals surface area contributed by atoms with Gasteiger partial charge in [-0.25, -0.2) is 4.39 Å². The van der Waals surface area contributed by atoms with Gasteiger partial charge in [0.25, 0.3) is 0 Å². The Hall–Kier alpha value is -0.0900. The SMILES string of the molecule is Fc1cc(Br)cc(Br)c1N1CCCC1. The second kappa shape index (κ2) is 4.19. The van der Waals surface area contributed by atoms with E-state index in [4.69, 9.17) is 0 Å². The topological polar surface area (TPSA) is 3.24 Å². The molecule has 76 valence electrons. The highest BCUT2D eigenvalue weighted by Gasteiger charge is 2.19. The molecule has 0 amide bonds. The molecule has 0 bridgehead atoms. The lowest BCUT2D eigenvalue weighted by molar-refractivity contribution is 0.621. The summed E-state index contributed by atoms with van der Waals surface area (Å²) in [5, 5.41) is 0. The molecule has 1 aromatic rings. The van der Waals surface area contributed by atoms with E-state index in [2.05, 4.69) is 36.8 Å². The highest BCUT2D eigenvalue weighted by molar-refractivity contribution is 9.11. The van der Waals surface area contributed by atoms with Crippen LogP contribution in [-0.4, -0.2) is 13.1 Å². The Bertz CT molecular complexity index is 325. The summed E-state index contributed by atoms with van der Waals surface area (Å²) in [6.45, 7) is 1.91. The van der Waals surface area contributed by atoms with Crippen molar-refractivity contribution in [2.45, 2.75) is 12.8 Å². The molecule has 0 unspecified atom stereocenters. The van der Waals surface area contributed by atoms with Crippen LogP contribution in [0.1, 0.15) is 12.8 Å². The minimum atomic E-state index is -0.159. The minimum absolute atomic E-state index is 0.159. The zero-order chi connectivity index (χ0) is 10.1. The maximum Gasteiger partial charge on any atom is 0.148 e. The first-order valence-corrected chi connectivity index (χ1v) is 6.16. The molecule has 0 aromatic heterocycles. The van der Waals surface area contributed by atoms with Gasteiger partial charge in [0.05, 0.1) is 5.69 Å². The summed E-state index contributed by atoms with van der Waals surface area (Å²) in [5.74, 6) is -0.159. The number of rotatable bonds is 1. The number of anilines is 1. The molecular weight excluding hydrogens is 313 g/mol. The zero-order valence-electron chi connectivity index (χ0n) is 7.56. The van der Waals surface area contributed by atoms with E-state index >= 15 is 0 Å². The molecule has 1 aliphatic rings. The molecule has 1 nitrogen and oxygen atoms in total. The summed E-state index contributed by atoms with van der Waals surface area (Å²) in [6, 6.07) is 3.40. The van der Waals surface area contributed by atoms with Gasteiger partial charge >= 0.3 is 0 Å². The van der Waals surface area contributed by atoms with Crippen LogP contribution in [0.25, 0.3) is 0 Å². The van der Waals surface area contributed by atoms with E-state index < -0.39 is 0 Å². The van der Waals surface area contributed by atoms with Gasteiger partial charge in [0.15, 0.2) is 0 Å². The van der Waals surface area contributed by atoms with Gasteiger partial charge in [-0.2, -0.15) is 0 Å². The molecule has 4 heteroatoms. The van der Waals surface area contributed by atoms with Crippen LogP contribution in [0.4, 0.5) is 10.1 Å². The molecular formula is C10H10Br2FN. The van der Waals surface area contributed by atoms with Gasteiger partial charge < -0.3 is 4.90 Å². The molecule has 0 radical (unpaired) electrons. The molecule has 1 aromatic carbocycles. The van der Waals surface area contributed by atoms with Crippen molar-refractivity contribution in [3.63, 3.8) is 0 Å². The normalized spacial score (nSPS) is 16.4. The number of hydrogen-bond donors (Lipinski definition) is 0. The highest BCUT2D eigenvalue weighted by Crippen LogP contribution is 2.34. The summed E-state index contributed by atoms with van der Waals surface area (Å²) in [5.41, 5.74) is 0.700. The van der Waals surface area contributed by atoms with Crippen LogP contribution < -0.4 is 4.90 Å². The van der Waals surface area contributed by atoms with Crippen molar-refractivity contribution in [3.8, 4) is 0 Å². The van der Waals surface area contributed by atoms with Crippen LogP contribution >= 0.6 is 31.9 Å². The van der Waals surface area contributed by atoms with Crippen molar-refractivity contribution in [3.05, 3.63) is 26.9 Å². The summed E-state index contributed by atoms with van der Waals surface area (Å²) in [6.07, 6.45) is 2.31. The van der Waals surface area contributed by atoms with Gasteiger partial charge in [-0.3, -0.25) is 0 Å². The van der Waals surface area contributed by atoms with Gasteiger partial charge in [0.2, 0.25) is 0 Å². The molecule has 0 atom stereocenters. The molecule has 1 aliphatic heterocycles. The third kappa shape index (κ3) is 1.96. The maximum atomic E-state index is 13.7. The van der Waals surface area contributed by atoms with E-state index in [1.165, 1.54) is 6.07 Å². The Morgan fingerprint density at radius 2 is 1.79 bits per heavy atom. The highest BCUT2D eigenvalue weighted by atomic mass is 79.9. The van der Waals surface area contributed by atoms with Gasteiger partial charge in [-0.15, -0.1) is 0 Å². The smallest absolute Gasteiger partial charge is 0.148 e. The Balaban J connectivity index is 2.40. The quantitative estimate of drug-likeness (QED) is 0.756. The van der Waals surface area contributed by atoms with Crippen molar-refractivity contribution < 1.29 is 4.39 Å². The summed E-state index contributed by atoms with van der Waals surface area (Å²) < 4.78 is 15.3. The predicted molar refractivity (Wildman–Crippen MR) is 63.2 cm³/mol. The summed E-state index contributed by atoms with van der Waals surface area (Å²) >= 11 is 6.66. The third-order valence-corrected chi connectivity index (χ3v) is 3.47. The Labute approximate surface area is 99.5 Å². The fourth-order valence-corrected chi connectivity index (χ4v) is 3.20. The van der Waals surface area contributed by atoms with E-state index in [-0.39, 0.29) is 5.82 Å². The van der Waals surface area contributed by atoms with Gasteiger partial charge in [-0.05, 0) is 40.9 Å². The molecule has 0 saturated carbocycles. The van der Waals surface area contributed by atoms with Gasteiger partial charge in [0.1, 0.15) is 5.82 Å². The van der Waals surface area contributed by atoms with Crippen molar-refractivity contribution in [2.75, 3.05) is 18.0 Å². The van der Waals surface area contributed by atoms with E-state index in [1.54, 1.807) is 0 Å². The molecule has 0 aliphatic carbocycles. The fraction of sp³-hybridized carbons (Fsp3) is 0.400. The molecule has 14 heavy (non-hydrogen) atoms. The number of nitrogens with zero attached hydrogens (tertiary/aromatic N) is 1. The van der Waals surface area contributed by atoms with Crippen LogP contribution in [0.5, 0.6) is 0 Å². The van der Waals surface area contributed by atoms with E-state index in [9.17, 15) is 4.39 Å². The van der Waals surface area contributed by atoms with E-state index in [0.717, 1.165) is 34.9 Å². The van der Waals surface area contributed by atoms with Crippen LogP contribution in [0, 0.1) is 5.82 Å². The van der Waals surface area contributed by atoms with Crippen molar-refractivity contribution >= 4 is 37.5 Å². The summed E-state index contributed by atoms with van der Waals surface area (Å²) in [7, 11) is 0. The number of benzene rings is 1. The largest absolute Gasteiger partial charge is 0.368 e. The van der Waals surface area contributed by atoms with Crippen LogP contribution in [0.3, 0.4) is 0 Å². The molecule has 0 N–H and O–H groups in total. The van der Waals surface area contributed by atoms with E-state index in [1.807, 2.05) is 6.07 Å². The first-order chi connectivity index (χ1) is 6.68. The second-order valence-corrected chi connectivity index (χ2v) is 5.18. The van der Waals surface area contributed by atoms with Crippen molar-refractivity contribution in [1.82, 2.24) is 0 Å². The van der Waals surface area contributed by atoms with Gasteiger partial charge in [-0.1, -0.05) is 15.9 Å². The summed E-state index contributed by atoms with van der Waals surface area (Å²) in [4.78, 5) is 2.09. The first kappa shape index (κ1) is 10.4. The average Bonchev–Trinajstić information content (AvgIpc) is 2.54. The third-order valence-electron chi connectivity index (χ3n) is 2.40. The molecule has 1 fully saturated rings. The fourth-order valence-electron chi connectivity index (χ4n) is 1.78. The minimum Gasteiger partial charge on any atom is -0.368 e.